The van der Waals surface area contributed by atoms with Crippen LogP contribution in [-0.2, 0) is 9.53 Å². The Morgan fingerprint density at radius 2 is 2.38 bits per heavy atom. The van der Waals surface area contributed by atoms with E-state index in [0.29, 0.717) is 13.0 Å². The zero-order chi connectivity index (χ0) is 5.28. The quantitative estimate of drug-likeness (QED) is 0.529. The summed E-state index contributed by atoms with van der Waals surface area (Å²) in [5.74, 6) is -0.264. The first-order valence-electron chi connectivity index (χ1n) is 2.23. The highest BCUT2D eigenvalue weighted by Gasteiger charge is 2.20. The molecule has 0 spiro atoms. The van der Waals surface area contributed by atoms with Crippen molar-refractivity contribution in [1.82, 2.24) is 0 Å². The molecule has 1 aliphatic heterocycles. The van der Waals surface area contributed by atoms with Crippen molar-refractivity contribution in [2.24, 2.45) is 5.73 Å². The summed E-state index contributed by atoms with van der Waals surface area (Å²) >= 11 is 0. The van der Waals surface area contributed by atoms with Gasteiger partial charge in [0, 0.05) is 6.42 Å². The number of cyclic esters (lactones) is 1. The topological polar surface area (TPSA) is 52.3 Å². The van der Waals surface area contributed by atoms with Crippen molar-refractivity contribution in [3.05, 3.63) is 0 Å². The third kappa shape index (κ3) is 1.45. The van der Waals surface area contributed by atoms with Crippen LogP contribution in [0, 0.1) is 0 Å². The van der Waals surface area contributed by atoms with Gasteiger partial charge in [0.2, 0.25) is 0 Å². The molecule has 2 N–H and O–H groups in total. The average molecular weight is 182 g/mol. The summed E-state index contributed by atoms with van der Waals surface area (Å²) in [5.41, 5.74) is 5.20. The van der Waals surface area contributed by atoms with Gasteiger partial charge in [-0.2, -0.15) is 0 Å². The van der Waals surface area contributed by atoms with E-state index >= 15 is 0 Å². The molecule has 4 heteroatoms. The van der Waals surface area contributed by atoms with Crippen LogP contribution in [0.25, 0.3) is 0 Å². The van der Waals surface area contributed by atoms with E-state index < -0.39 is 0 Å². The normalized spacial score (nSPS) is 26.6. The van der Waals surface area contributed by atoms with Gasteiger partial charge in [0.1, 0.15) is 6.04 Å². The predicted molar refractivity (Wildman–Crippen MR) is 33.9 cm³/mol. The molecule has 1 saturated heterocycles. The van der Waals surface area contributed by atoms with Gasteiger partial charge < -0.3 is 10.5 Å². The number of rotatable bonds is 0. The van der Waals surface area contributed by atoms with Crippen LogP contribution in [-0.4, -0.2) is 18.6 Å². The maximum atomic E-state index is 10.2. The lowest BCUT2D eigenvalue weighted by Crippen LogP contribution is -2.24. The monoisotopic (exact) mass is 181 g/mol. The molecule has 0 aromatic carbocycles. The van der Waals surface area contributed by atoms with Crippen molar-refractivity contribution in [1.29, 1.82) is 0 Å². The van der Waals surface area contributed by atoms with Gasteiger partial charge in [-0.05, 0) is 0 Å². The van der Waals surface area contributed by atoms with Crippen molar-refractivity contribution in [3.63, 3.8) is 0 Å². The summed E-state index contributed by atoms with van der Waals surface area (Å²) in [6.07, 6.45) is 0.679. The summed E-state index contributed by atoms with van der Waals surface area (Å²) in [4.78, 5) is 10.2. The van der Waals surface area contributed by atoms with E-state index in [9.17, 15) is 4.79 Å². The van der Waals surface area contributed by atoms with Crippen molar-refractivity contribution in [2.75, 3.05) is 6.61 Å². The number of carbonyl (C=O) groups is 1. The van der Waals surface area contributed by atoms with Crippen LogP contribution in [0.5, 0.6) is 0 Å². The van der Waals surface area contributed by atoms with Gasteiger partial charge in [0.25, 0.3) is 0 Å². The highest BCUT2D eigenvalue weighted by molar-refractivity contribution is 8.93. The maximum Gasteiger partial charge on any atom is 0.323 e. The number of ether oxygens (including phenoxy) is 1. The first-order valence-corrected chi connectivity index (χ1v) is 2.23. The Hall–Kier alpha value is -0.0900. The highest BCUT2D eigenvalue weighted by atomic mass is 79.9. The Kier molecular flexibility index (Phi) is 3.01. The molecular weight excluding hydrogens is 174 g/mol. The van der Waals surface area contributed by atoms with Crippen molar-refractivity contribution in [2.45, 2.75) is 12.5 Å². The Labute approximate surface area is 58.0 Å². The van der Waals surface area contributed by atoms with Crippen LogP contribution in [0.3, 0.4) is 0 Å². The second-order valence-corrected chi connectivity index (χ2v) is 1.56. The number of hydrogen-bond donors (Lipinski definition) is 1. The third-order valence-corrected chi connectivity index (χ3v) is 0.976. The lowest BCUT2D eigenvalue weighted by Gasteiger charge is -1.89. The summed E-state index contributed by atoms with van der Waals surface area (Å²) in [6, 6.07) is -0.347. The van der Waals surface area contributed by atoms with Crippen LogP contribution in [0.1, 0.15) is 6.42 Å². The SMILES string of the molecule is Br.NC1CCOC1=O. The lowest BCUT2D eigenvalue weighted by atomic mass is 10.3. The van der Waals surface area contributed by atoms with E-state index in [0.717, 1.165) is 0 Å². The smallest absolute Gasteiger partial charge is 0.323 e. The summed E-state index contributed by atoms with van der Waals surface area (Å²) in [7, 11) is 0. The second-order valence-electron chi connectivity index (χ2n) is 1.56. The molecule has 0 amide bonds. The number of nitrogens with two attached hydrogens (primary N) is 1. The highest BCUT2D eigenvalue weighted by Crippen LogP contribution is 2.00. The average Bonchev–Trinajstić information content (AvgIpc) is 1.91. The van der Waals surface area contributed by atoms with Crippen molar-refractivity contribution < 1.29 is 9.53 Å². The number of esters is 1. The molecule has 0 bridgehead atoms. The Morgan fingerprint density at radius 1 is 1.75 bits per heavy atom. The molecule has 1 aliphatic rings. The molecule has 0 aromatic heterocycles. The van der Waals surface area contributed by atoms with Crippen molar-refractivity contribution >= 4 is 23.0 Å². The van der Waals surface area contributed by atoms with E-state index in [4.69, 9.17) is 5.73 Å². The maximum absolute atomic E-state index is 10.2. The predicted octanol–water partition coefficient (Wildman–Crippen LogP) is -0.161. The number of halogens is 1. The zero-order valence-corrected chi connectivity index (χ0v) is 6.01. The van der Waals surface area contributed by atoms with Crippen LogP contribution in [0.4, 0.5) is 0 Å². The molecule has 48 valence electrons. The fourth-order valence-corrected chi connectivity index (χ4v) is 0.511. The van der Waals surface area contributed by atoms with E-state index in [1.165, 1.54) is 0 Å². The van der Waals surface area contributed by atoms with E-state index in [1.54, 1.807) is 0 Å². The zero-order valence-electron chi connectivity index (χ0n) is 4.29. The molecule has 0 aromatic rings. The molecule has 0 radical (unpaired) electrons. The Balaban J connectivity index is 0.000000490. The van der Waals surface area contributed by atoms with Crippen LogP contribution >= 0.6 is 17.0 Å². The van der Waals surface area contributed by atoms with Gasteiger partial charge in [-0.1, -0.05) is 0 Å². The first-order chi connectivity index (χ1) is 3.30. The minimum absolute atomic E-state index is 0. The minimum atomic E-state index is -0.347. The van der Waals surface area contributed by atoms with E-state index in [2.05, 4.69) is 4.74 Å². The lowest BCUT2D eigenvalue weighted by molar-refractivity contribution is -0.139. The standard InChI is InChI=1S/C4H7NO2.BrH/c5-3-1-2-7-4(3)6;/h3H,1-2,5H2;1H. The van der Waals surface area contributed by atoms with Crippen molar-refractivity contribution in [3.8, 4) is 0 Å². The third-order valence-electron chi connectivity index (χ3n) is 0.976. The fraction of sp³-hybridized carbons (Fsp3) is 0.750. The van der Waals surface area contributed by atoms with Gasteiger partial charge in [-0.25, -0.2) is 0 Å². The molecule has 1 heterocycles. The second kappa shape index (κ2) is 3.04. The number of hydrogen-bond acceptors (Lipinski definition) is 3. The molecular formula is C4H8BrNO2. The van der Waals surface area contributed by atoms with Crippen LogP contribution in [0.15, 0.2) is 0 Å². The largest absolute Gasteiger partial charge is 0.464 e. The van der Waals surface area contributed by atoms with Gasteiger partial charge in [-0.3, -0.25) is 4.79 Å². The van der Waals surface area contributed by atoms with Crippen LogP contribution < -0.4 is 5.73 Å². The summed E-state index contributed by atoms with van der Waals surface area (Å²) in [6.45, 7) is 0.500. The Bertz CT molecular complexity index is 96.0. The summed E-state index contributed by atoms with van der Waals surface area (Å²) < 4.78 is 4.50. The first kappa shape index (κ1) is 7.91. The Morgan fingerprint density at radius 3 is 2.50 bits per heavy atom. The van der Waals surface area contributed by atoms with Crippen LogP contribution in [0.2, 0.25) is 0 Å². The van der Waals surface area contributed by atoms with Gasteiger partial charge in [0.15, 0.2) is 0 Å². The van der Waals surface area contributed by atoms with Gasteiger partial charge in [0.05, 0.1) is 6.61 Å². The van der Waals surface area contributed by atoms with E-state index in [-0.39, 0.29) is 29.0 Å². The molecule has 1 rings (SSSR count). The molecule has 0 saturated carbocycles. The molecule has 0 aliphatic carbocycles. The fourth-order valence-electron chi connectivity index (χ4n) is 0.511. The number of carbonyl (C=O) groups excluding carboxylic acids is 1. The minimum Gasteiger partial charge on any atom is -0.464 e. The van der Waals surface area contributed by atoms with Gasteiger partial charge in [-0.15, -0.1) is 17.0 Å². The molecule has 3 nitrogen and oxygen atoms in total. The summed E-state index contributed by atoms with van der Waals surface area (Å²) in [5, 5.41) is 0. The molecule has 1 unspecified atom stereocenters. The van der Waals surface area contributed by atoms with Gasteiger partial charge >= 0.3 is 5.97 Å². The molecule has 8 heavy (non-hydrogen) atoms. The molecule has 1 atom stereocenters. The van der Waals surface area contributed by atoms with E-state index in [1.807, 2.05) is 0 Å². The molecule has 1 fully saturated rings.